The van der Waals surface area contributed by atoms with E-state index in [1.54, 1.807) is 0 Å². The maximum atomic E-state index is 11.7. The molecule has 6 heteroatoms. The Bertz CT molecular complexity index is 339. The zero-order valence-electron chi connectivity index (χ0n) is 9.27. The summed E-state index contributed by atoms with van der Waals surface area (Å²) in [5, 5.41) is 9.37. The van der Waals surface area contributed by atoms with Gasteiger partial charge in [0, 0.05) is 13.0 Å². The third kappa shape index (κ3) is 2.79. The fourth-order valence-corrected chi connectivity index (χ4v) is 1.80. The van der Waals surface area contributed by atoms with Gasteiger partial charge in [0.15, 0.2) is 0 Å². The second kappa shape index (κ2) is 5.07. The van der Waals surface area contributed by atoms with Gasteiger partial charge in [-0.2, -0.15) is 5.10 Å². The SMILES string of the molecule is CC1CC(C(=O)NCCc2ncn[nH]2)CO1. The van der Waals surface area contributed by atoms with Crippen LogP contribution in [0.4, 0.5) is 0 Å². The Hall–Kier alpha value is -1.43. The van der Waals surface area contributed by atoms with Crippen molar-refractivity contribution < 1.29 is 9.53 Å². The normalized spacial score (nSPS) is 24.6. The number of hydrogen-bond donors (Lipinski definition) is 2. The molecule has 2 heterocycles. The lowest BCUT2D eigenvalue weighted by Crippen LogP contribution is -2.32. The number of carbonyl (C=O) groups excluding carboxylic acids is 1. The number of aromatic amines is 1. The fraction of sp³-hybridized carbons (Fsp3) is 0.700. The van der Waals surface area contributed by atoms with Gasteiger partial charge >= 0.3 is 0 Å². The summed E-state index contributed by atoms with van der Waals surface area (Å²) in [7, 11) is 0. The second-order valence-electron chi connectivity index (χ2n) is 4.05. The van der Waals surface area contributed by atoms with E-state index in [0.717, 1.165) is 12.2 Å². The van der Waals surface area contributed by atoms with E-state index in [2.05, 4.69) is 20.5 Å². The summed E-state index contributed by atoms with van der Waals surface area (Å²) in [5.41, 5.74) is 0. The van der Waals surface area contributed by atoms with E-state index in [1.165, 1.54) is 6.33 Å². The van der Waals surface area contributed by atoms with Crippen molar-refractivity contribution in [3.05, 3.63) is 12.2 Å². The van der Waals surface area contributed by atoms with Crippen LogP contribution >= 0.6 is 0 Å². The highest BCUT2D eigenvalue weighted by atomic mass is 16.5. The molecule has 1 aromatic rings. The summed E-state index contributed by atoms with van der Waals surface area (Å²) in [6, 6.07) is 0. The van der Waals surface area contributed by atoms with Gasteiger partial charge in [-0.05, 0) is 13.3 Å². The maximum absolute atomic E-state index is 11.7. The molecule has 0 saturated carbocycles. The summed E-state index contributed by atoms with van der Waals surface area (Å²) in [6.45, 7) is 3.11. The first-order chi connectivity index (χ1) is 7.75. The lowest BCUT2D eigenvalue weighted by atomic mass is 10.1. The lowest BCUT2D eigenvalue weighted by Gasteiger charge is -2.08. The molecule has 2 N–H and O–H groups in total. The highest BCUT2D eigenvalue weighted by Crippen LogP contribution is 2.18. The minimum Gasteiger partial charge on any atom is -0.378 e. The molecule has 0 spiro atoms. The van der Waals surface area contributed by atoms with Gasteiger partial charge in [0.05, 0.1) is 18.6 Å². The summed E-state index contributed by atoms with van der Waals surface area (Å²) >= 11 is 0. The Labute approximate surface area is 93.8 Å². The van der Waals surface area contributed by atoms with Crippen molar-refractivity contribution >= 4 is 5.91 Å². The molecule has 2 rings (SSSR count). The third-order valence-corrected chi connectivity index (χ3v) is 2.70. The molecule has 1 aliphatic rings. The van der Waals surface area contributed by atoms with Crippen LogP contribution in [-0.4, -0.2) is 40.3 Å². The molecule has 6 nitrogen and oxygen atoms in total. The van der Waals surface area contributed by atoms with Crippen molar-refractivity contribution in [2.45, 2.75) is 25.9 Å². The molecule has 0 radical (unpaired) electrons. The first kappa shape index (κ1) is 11.1. The topological polar surface area (TPSA) is 79.9 Å². The number of nitrogens with zero attached hydrogens (tertiary/aromatic N) is 2. The van der Waals surface area contributed by atoms with Crippen molar-refractivity contribution in [1.29, 1.82) is 0 Å². The molecule has 0 bridgehead atoms. The van der Waals surface area contributed by atoms with Crippen LogP contribution in [0, 0.1) is 5.92 Å². The van der Waals surface area contributed by atoms with E-state index in [4.69, 9.17) is 4.74 Å². The van der Waals surface area contributed by atoms with Crippen molar-refractivity contribution in [3.8, 4) is 0 Å². The molecular weight excluding hydrogens is 208 g/mol. The maximum Gasteiger partial charge on any atom is 0.225 e. The van der Waals surface area contributed by atoms with E-state index < -0.39 is 0 Å². The molecule has 1 saturated heterocycles. The van der Waals surface area contributed by atoms with Crippen LogP contribution in [0.25, 0.3) is 0 Å². The van der Waals surface area contributed by atoms with E-state index in [0.29, 0.717) is 19.6 Å². The Kier molecular flexibility index (Phi) is 3.51. The number of aromatic nitrogens is 3. The average molecular weight is 224 g/mol. The molecule has 0 aromatic carbocycles. The summed E-state index contributed by atoms with van der Waals surface area (Å²) < 4.78 is 5.35. The van der Waals surface area contributed by atoms with E-state index in [-0.39, 0.29) is 17.9 Å². The van der Waals surface area contributed by atoms with Crippen molar-refractivity contribution in [3.63, 3.8) is 0 Å². The van der Waals surface area contributed by atoms with Gasteiger partial charge in [0.2, 0.25) is 5.91 Å². The highest BCUT2D eigenvalue weighted by Gasteiger charge is 2.27. The molecule has 1 fully saturated rings. The lowest BCUT2D eigenvalue weighted by molar-refractivity contribution is -0.124. The first-order valence-electron chi connectivity index (χ1n) is 5.49. The van der Waals surface area contributed by atoms with E-state index >= 15 is 0 Å². The molecular formula is C10H16N4O2. The first-order valence-corrected chi connectivity index (χ1v) is 5.49. The van der Waals surface area contributed by atoms with Gasteiger partial charge in [0.25, 0.3) is 0 Å². The quantitative estimate of drug-likeness (QED) is 0.747. The fourth-order valence-electron chi connectivity index (χ4n) is 1.80. The number of nitrogens with one attached hydrogen (secondary N) is 2. The van der Waals surface area contributed by atoms with E-state index in [1.807, 2.05) is 6.92 Å². The van der Waals surface area contributed by atoms with Crippen LogP contribution in [-0.2, 0) is 16.0 Å². The van der Waals surface area contributed by atoms with Crippen molar-refractivity contribution in [2.24, 2.45) is 5.92 Å². The number of amides is 1. The average Bonchev–Trinajstić information content (AvgIpc) is 2.89. The van der Waals surface area contributed by atoms with Gasteiger partial charge in [-0.1, -0.05) is 0 Å². The Morgan fingerprint density at radius 2 is 2.62 bits per heavy atom. The number of carbonyl (C=O) groups is 1. The van der Waals surface area contributed by atoms with Gasteiger partial charge in [0.1, 0.15) is 12.2 Å². The molecule has 1 amide bonds. The number of hydrogen-bond acceptors (Lipinski definition) is 4. The largest absolute Gasteiger partial charge is 0.378 e. The van der Waals surface area contributed by atoms with Gasteiger partial charge in [-0.25, -0.2) is 4.98 Å². The monoisotopic (exact) mass is 224 g/mol. The van der Waals surface area contributed by atoms with Gasteiger partial charge in [-0.3, -0.25) is 9.89 Å². The standard InChI is InChI=1S/C10H16N4O2/c1-7-4-8(5-16-7)10(15)11-3-2-9-12-6-13-14-9/h6-8H,2-5H2,1H3,(H,11,15)(H,12,13,14). The van der Waals surface area contributed by atoms with Crippen molar-refractivity contribution in [2.75, 3.05) is 13.2 Å². The molecule has 2 unspecified atom stereocenters. The summed E-state index contributed by atoms with van der Waals surface area (Å²) in [5.74, 6) is 0.866. The minimum absolute atomic E-state index is 0.00438. The summed E-state index contributed by atoms with van der Waals surface area (Å²) in [4.78, 5) is 15.7. The molecule has 1 aliphatic heterocycles. The van der Waals surface area contributed by atoms with Crippen LogP contribution in [0.3, 0.4) is 0 Å². The molecule has 16 heavy (non-hydrogen) atoms. The summed E-state index contributed by atoms with van der Waals surface area (Å²) in [6.07, 6.45) is 3.15. The van der Waals surface area contributed by atoms with Crippen molar-refractivity contribution in [1.82, 2.24) is 20.5 Å². The predicted molar refractivity (Wildman–Crippen MR) is 56.6 cm³/mol. The van der Waals surface area contributed by atoms with Crippen LogP contribution in [0.1, 0.15) is 19.2 Å². The van der Waals surface area contributed by atoms with Gasteiger partial charge < -0.3 is 10.1 Å². The molecule has 1 aromatic heterocycles. The minimum atomic E-state index is 0.00438. The Balaban J connectivity index is 1.68. The highest BCUT2D eigenvalue weighted by molar-refractivity contribution is 5.79. The zero-order valence-corrected chi connectivity index (χ0v) is 9.27. The molecule has 88 valence electrons. The Morgan fingerprint density at radius 1 is 1.75 bits per heavy atom. The molecule has 0 aliphatic carbocycles. The van der Waals surface area contributed by atoms with Crippen LogP contribution in [0.2, 0.25) is 0 Å². The predicted octanol–water partition coefficient (Wildman–Crippen LogP) is -0.112. The van der Waals surface area contributed by atoms with Gasteiger partial charge in [-0.15, -0.1) is 0 Å². The van der Waals surface area contributed by atoms with Crippen LogP contribution in [0.15, 0.2) is 6.33 Å². The smallest absolute Gasteiger partial charge is 0.225 e. The zero-order chi connectivity index (χ0) is 11.4. The third-order valence-electron chi connectivity index (χ3n) is 2.70. The number of rotatable bonds is 4. The number of ether oxygens (including phenoxy) is 1. The number of H-pyrrole nitrogens is 1. The van der Waals surface area contributed by atoms with E-state index in [9.17, 15) is 4.79 Å². The Morgan fingerprint density at radius 3 is 3.25 bits per heavy atom. The second-order valence-corrected chi connectivity index (χ2v) is 4.05. The van der Waals surface area contributed by atoms with Crippen LogP contribution in [0.5, 0.6) is 0 Å². The molecule has 2 atom stereocenters. The van der Waals surface area contributed by atoms with Crippen LogP contribution < -0.4 is 5.32 Å².